The van der Waals surface area contributed by atoms with E-state index in [0.717, 1.165) is 109 Å². The van der Waals surface area contributed by atoms with E-state index < -0.39 is 20.0 Å². The van der Waals surface area contributed by atoms with Crippen molar-refractivity contribution in [3.8, 4) is 0 Å². The molecule has 0 aromatic rings. The van der Waals surface area contributed by atoms with Crippen LogP contribution in [-0.2, 0) is 27.9 Å². The zero-order valence-electron chi connectivity index (χ0n) is 50.5. The summed E-state index contributed by atoms with van der Waals surface area (Å²) >= 11 is 0. The third kappa shape index (κ3) is 56.2. The number of esters is 1. The summed E-state index contributed by atoms with van der Waals surface area (Å²) in [5.74, 6) is -0.528. The molecule has 0 aliphatic rings. The van der Waals surface area contributed by atoms with E-state index in [-0.39, 0.29) is 31.5 Å². The molecule has 0 radical (unpaired) electrons. The molecule has 3 unspecified atom stereocenters. The zero-order valence-corrected chi connectivity index (χ0v) is 51.4. The van der Waals surface area contributed by atoms with Crippen molar-refractivity contribution in [2.24, 2.45) is 0 Å². The molecule has 2 N–H and O–H groups in total. The van der Waals surface area contributed by atoms with Gasteiger partial charge in [-0.05, 0) is 102 Å². The Kier molecular flexibility index (Phi) is 53.9. The third-order valence-electron chi connectivity index (χ3n) is 13.9. The second-order valence-electron chi connectivity index (χ2n) is 22.6. The number of carbonyl (C=O) groups excluding carboxylic acids is 2. The lowest BCUT2D eigenvalue weighted by atomic mass is 10.0. The van der Waals surface area contributed by atoms with Gasteiger partial charge in [-0.2, -0.15) is 0 Å². The molecule has 0 rings (SSSR count). The third-order valence-corrected chi connectivity index (χ3v) is 14.9. The molecule has 442 valence electrons. The number of ether oxygens (including phenoxy) is 1. The normalized spacial score (nSPS) is 14.1. The molecule has 0 aliphatic heterocycles. The van der Waals surface area contributed by atoms with E-state index in [4.69, 9.17) is 13.8 Å². The second-order valence-corrected chi connectivity index (χ2v) is 24.0. The fourth-order valence-electron chi connectivity index (χ4n) is 8.92. The molecule has 0 aromatic carbocycles. The number of amides is 1. The van der Waals surface area contributed by atoms with Crippen molar-refractivity contribution < 1.29 is 37.3 Å². The Hall–Kier alpha value is -2.55. The van der Waals surface area contributed by atoms with Gasteiger partial charge in [-0.1, -0.05) is 242 Å². The Morgan fingerprint density at radius 1 is 0.461 bits per heavy atom. The maximum absolute atomic E-state index is 13.6. The van der Waals surface area contributed by atoms with Crippen LogP contribution in [0.1, 0.15) is 284 Å². The smallest absolute Gasteiger partial charge is 0.456 e. The predicted molar refractivity (Wildman–Crippen MR) is 328 cm³/mol. The van der Waals surface area contributed by atoms with Crippen LogP contribution in [0.25, 0.3) is 0 Å². The van der Waals surface area contributed by atoms with Gasteiger partial charge in [0.05, 0.1) is 33.8 Å². The molecule has 9 nitrogen and oxygen atoms in total. The Morgan fingerprint density at radius 2 is 0.803 bits per heavy atom. The molecule has 0 bridgehead atoms. The van der Waals surface area contributed by atoms with E-state index in [1.165, 1.54) is 141 Å². The number of allylic oxidation sites excluding steroid dienone is 11. The number of phosphoric ester groups is 1. The Bertz CT molecular complexity index is 1530. The number of hydrogen-bond donors (Lipinski definition) is 2. The van der Waals surface area contributed by atoms with Gasteiger partial charge < -0.3 is 19.4 Å². The van der Waals surface area contributed by atoms with Crippen molar-refractivity contribution in [1.82, 2.24) is 5.32 Å². The van der Waals surface area contributed by atoms with Crippen LogP contribution in [0.2, 0.25) is 0 Å². The van der Waals surface area contributed by atoms with Gasteiger partial charge in [-0.25, -0.2) is 4.57 Å². The Morgan fingerprint density at radius 3 is 1.24 bits per heavy atom. The zero-order chi connectivity index (χ0) is 55.7. The van der Waals surface area contributed by atoms with Gasteiger partial charge in [0.2, 0.25) is 5.91 Å². The molecule has 0 saturated heterocycles. The van der Waals surface area contributed by atoms with Gasteiger partial charge in [-0.3, -0.25) is 18.6 Å². The summed E-state index contributed by atoms with van der Waals surface area (Å²) in [7, 11) is 1.48. The van der Waals surface area contributed by atoms with Crippen LogP contribution >= 0.6 is 7.82 Å². The molecule has 0 fully saturated rings. The second kappa shape index (κ2) is 55.8. The van der Waals surface area contributed by atoms with Gasteiger partial charge in [0, 0.05) is 12.8 Å². The van der Waals surface area contributed by atoms with E-state index in [9.17, 15) is 19.0 Å². The number of likely N-dealkylation sites (N-methyl/N-ethyl adjacent to an activating group) is 1. The van der Waals surface area contributed by atoms with E-state index in [0.29, 0.717) is 17.4 Å². The van der Waals surface area contributed by atoms with Crippen LogP contribution in [0, 0.1) is 0 Å². The van der Waals surface area contributed by atoms with Crippen LogP contribution < -0.4 is 5.32 Å². The predicted octanol–water partition coefficient (Wildman–Crippen LogP) is 19.6. The largest absolute Gasteiger partial charge is 0.472 e. The van der Waals surface area contributed by atoms with Crippen LogP contribution in [0.4, 0.5) is 0 Å². The summed E-state index contributed by atoms with van der Waals surface area (Å²) < 4.78 is 30.7. The van der Waals surface area contributed by atoms with Crippen molar-refractivity contribution in [2.45, 2.75) is 296 Å². The number of nitrogens with zero attached hydrogens (tertiary/aromatic N) is 1. The standard InChI is InChI=1S/C66H121N2O7P/c1-7-10-13-16-19-22-25-28-30-32-33-34-35-37-38-40-43-46-49-52-55-58-65(69)67-63(62-74-76(71,72)73-61-60-68(4,5)6)64(57-54-51-48-45-42-27-24-21-18-15-12-9-3)75-66(70)59-56-53-50-47-44-41-39-36-31-29-26-23-20-17-14-11-8-2/h19,22,28-31,33-34,37-38,54,57,63-64H,7-18,20-21,23-27,32,35-36,39-53,55-56,58-62H2,1-6H3,(H-,67,69,71,72)/p+1/b22-19-,30-28-,31-29+,34-33-,38-37-,57-54-. The average Bonchev–Trinajstić information content (AvgIpc) is 3.38. The van der Waals surface area contributed by atoms with Crippen LogP contribution in [0.15, 0.2) is 72.9 Å². The molecule has 1 amide bonds. The molecule has 76 heavy (non-hydrogen) atoms. The SMILES string of the molecule is CCCCC/C=C\C/C=C\C/C=C\C/C=C\CCCCCCCC(=O)NC(COP(=O)(O)OCC[N+](C)(C)C)C(/C=C\CCCCCCCCCCCC)OC(=O)CCCCCCCCC/C=C/CCCCCCCC. The molecule has 0 aromatic heterocycles. The highest BCUT2D eigenvalue weighted by molar-refractivity contribution is 7.47. The Balaban J connectivity index is 5.28. The fraction of sp³-hybridized carbons (Fsp3) is 0.788. The summed E-state index contributed by atoms with van der Waals surface area (Å²) in [6, 6.07) is -0.862. The summed E-state index contributed by atoms with van der Waals surface area (Å²) in [5.41, 5.74) is 0. The minimum Gasteiger partial charge on any atom is -0.456 e. The van der Waals surface area contributed by atoms with Crippen LogP contribution in [0.5, 0.6) is 0 Å². The topological polar surface area (TPSA) is 111 Å². The molecular formula is C66H122N2O7P+. The maximum Gasteiger partial charge on any atom is 0.472 e. The minimum absolute atomic E-state index is 0.0335. The highest BCUT2D eigenvalue weighted by Crippen LogP contribution is 2.43. The van der Waals surface area contributed by atoms with Gasteiger partial charge in [0.15, 0.2) is 0 Å². The van der Waals surface area contributed by atoms with Gasteiger partial charge in [0.1, 0.15) is 19.3 Å². The molecule has 0 spiro atoms. The van der Waals surface area contributed by atoms with E-state index in [1.807, 2.05) is 33.3 Å². The first-order chi connectivity index (χ1) is 36.9. The molecule has 0 heterocycles. The molecule has 0 aliphatic carbocycles. The lowest BCUT2D eigenvalue weighted by molar-refractivity contribution is -0.870. The molecular weight excluding hydrogens is 964 g/mol. The van der Waals surface area contributed by atoms with Crippen molar-refractivity contribution in [1.29, 1.82) is 0 Å². The van der Waals surface area contributed by atoms with E-state index >= 15 is 0 Å². The first-order valence-corrected chi connectivity index (χ1v) is 33.3. The van der Waals surface area contributed by atoms with Crippen LogP contribution in [-0.4, -0.2) is 74.3 Å². The lowest BCUT2D eigenvalue weighted by Crippen LogP contribution is -2.47. The van der Waals surface area contributed by atoms with E-state index in [2.05, 4.69) is 86.8 Å². The number of unbranched alkanes of at least 4 members (excludes halogenated alkanes) is 31. The van der Waals surface area contributed by atoms with Crippen LogP contribution in [0.3, 0.4) is 0 Å². The van der Waals surface area contributed by atoms with Gasteiger partial charge in [0.25, 0.3) is 0 Å². The van der Waals surface area contributed by atoms with E-state index in [1.54, 1.807) is 0 Å². The number of phosphoric acid groups is 1. The first-order valence-electron chi connectivity index (χ1n) is 31.8. The summed E-state index contributed by atoms with van der Waals surface area (Å²) in [6.45, 7) is 6.97. The number of nitrogens with one attached hydrogen (secondary N) is 1. The Labute approximate surface area is 470 Å². The number of hydrogen-bond acceptors (Lipinski definition) is 6. The molecule has 3 atom stereocenters. The average molecular weight is 1090 g/mol. The molecule has 0 saturated carbocycles. The first kappa shape index (κ1) is 73.5. The lowest BCUT2D eigenvalue weighted by Gasteiger charge is -2.27. The van der Waals surface area contributed by atoms with Crippen molar-refractivity contribution in [2.75, 3.05) is 40.9 Å². The molecule has 10 heteroatoms. The quantitative estimate of drug-likeness (QED) is 0.0205. The highest BCUT2D eigenvalue weighted by atomic mass is 31.2. The van der Waals surface area contributed by atoms with Crippen molar-refractivity contribution in [3.63, 3.8) is 0 Å². The summed E-state index contributed by atoms with van der Waals surface area (Å²) in [6.07, 6.45) is 71.8. The summed E-state index contributed by atoms with van der Waals surface area (Å²) in [4.78, 5) is 37.7. The monoisotopic (exact) mass is 1090 g/mol. The number of quaternary nitrogens is 1. The maximum atomic E-state index is 13.6. The van der Waals surface area contributed by atoms with Gasteiger partial charge in [-0.15, -0.1) is 0 Å². The fourth-order valence-corrected chi connectivity index (χ4v) is 9.65. The number of carbonyl (C=O) groups is 2. The van der Waals surface area contributed by atoms with Crippen molar-refractivity contribution in [3.05, 3.63) is 72.9 Å². The summed E-state index contributed by atoms with van der Waals surface area (Å²) in [5, 5.41) is 3.05. The number of rotatable bonds is 57. The van der Waals surface area contributed by atoms with Gasteiger partial charge >= 0.3 is 13.8 Å². The highest BCUT2D eigenvalue weighted by Gasteiger charge is 2.30. The van der Waals surface area contributed by atoms with Crippen molar-refractivity contribution >= 4 is 19.7 Å². The minimum atomic E-state index is -4.46.